The molecule has 3 heteroatoms. The highest BCUT2D eigenvalue weighted by atomic mass is 19.1. The summed E-state index contributed by atoms with van der Waals surface area (Å²) in [6.45, 7) is 3.25. The molecule has 0 aliphatic rings. The molecule has 2 nitrogen and oxygen atoms in total. The molecule has 72 valence electrons. The van der Waals surface area contributed by atoms with Gasteiger partial charge in [0, 0.05) is 0 Å². The van der Waals surface area contributed by atoms with Crippen LogP contribution in [0.15, 0.2) is 24.3 Å². The second-order valence-corrected chi connectivity index (χ2v) is 3.68. The number of benzene rings is 1. The third kappa shape index (κ3) is 2.50. The summed E-state index contributed by atoms with van der Waals surface area (Å²) in [5.41, 5.74) is 5.49. The summed E-state index contributed by atoms with van der Waals surface area (Å²) in [4.78, 5) is 0. The quantitative estimate of drug-likeness (QED) is 0.731. The van der Waals surface area contributed by atoms with Crippen LogP contribution >= 0.6 is 0 Å². The monoisotopic (exact) mass is 183 g/mol. The summed E-state index contributed by atoms with van der Waals surface area (Å²) >= 11 is 0. The van der Waals surface area contributed by atoms with E-state index < -0.39 is 11.6 Å². The topological polar surface area (TPSA) is 46.2 Å². The van der Waals surface area contributed by atoms with Crippen LogP contribution in [0.3, 0.4) is 0 Å². The van der Waals surface area contributed by atoms with Crippen molar-refractivity contribution in [3.63, 3.8) is 0 Å². The molecule has 13 heavy (non-hydrogen) atoms. The summed E-state index contributed by atoms with van der Waals surface area (Å²) in [5, 5.41) is 9.59. The molecule has 1 atom stereocenters. The van der Waals surface area contributed by atoms with Gasteiger partial charge in [0.15, 0.2) is 0 Å². The number of nitrogens with two attached hydrogens (primary N) is 1. The average Bonchev–Trinajstić information content (AvgIpc) is 2.03. The molecule has 0 saturated heterocycles. The molecule has 0 aromatic heterocycles. The molecule has 0 heterocycles. The Morgan fingerprint density at radius 3 is 2.15 bits per heavy atom. The summed E-state index contributed by atoms with van der Waals surface area (Å²) in [5.74, 6) is -0.299. The van der Waals surface area contributed by atoms with Crippen LogP contribution in [0.5, 0.6) is 0 Å². The molecule has 1 aromatic rings. The molecule has 0 spiro atoms. The minimum absolute atomic E-state index is 0.299. The van der Waals surface area contributed by atoms with Crippen LogP contribution in [0.2, 0.25) is 0 Å². The van der Waals surface area contributed by atoms with E-state index in [2.05, 4.69) is 0 Å². The Morgan fingerprint density at radius 1 is 1.31 bits per heavy atom. The van der Waals surface area contributed by atoms with Crippen molar-refractivity contribution in [2.75, 3.05) is 0 Å². The number of aliphatic hydroxyl groups is 1. The van der Waals surface area contributed by atoms with Gasteiger partial charge in [0.25, 0.3) is 0 Å². The van der Waals surface area contributed by atoms with Gasteiger partial charge >= 0.3 is 0 Å². The average molecular weight is 183 g/mol. The van der Waals surface area contributed by atoms with Crippen LogP contribution in [-0.4, -0.2) is 10.7 Å². The molecule has 0 aliphatic carbocycles. The molecule has 0 amide bonds. The number of rotatable bonds is 2. The van der Waals surface area contributed by atoms with E-state index in [4.69, 9.17) is 5.73 Å². The lowest BCUT2D eigenvalue weighted by Gasteiger charge is -2.25. The van der Waals surface area contributed by atoms with Gasteiger partial charge in [-0.2, -0.15) is 0 Å². The second-order valence-electron chi connectivity index (χ2n) is 3.68. The zero-order chi connectivity index (χ0) is 10.1. The first-order chi connectivity index (χ1) is 5.91. The Balaban J connectivity index is 2.90. The maximum atomic E-state index is 12.5. The van der Waals surface area contributed by atoms with Crippen LogP contribution in [0.4, 0.5) is 4.39 Å². The zero-order valence-electron chi connectivity index (χ0n) is 7.79. The normalized spacial score (nSPS) is 14.2. The van der Waals surface area contributed by atoms with Crippen molar-refractivity contribution < 1.29 is 9.50 Å². The zero-order valence-corrected chi connectivity index (χ0v) is 7.79. The third-order valence-electron chi connectivity index (χ3n) is 1.99. The maximum absolute atomic E-state index is 12.5. The third-order valence-corrected chi connectivity index (χ3v) is 1.99. The lowest BCUT2D eigenvalue weighted by molar-refractivity contribution is 0.0517. The Kier molecular flexibility index (Phi) is 2.68. The minimum atomic E-state index is -0.988. The van der Waals surface area contributed by atoms with E-state index in [1.165, 1.54) is 12.1 Å². The first kappa shape index (κ1) is 10.2. The lowest BCUT2D eigenvalue weighted by atomic mass is 9.93. The Labute approximate surface area is 77.2 Å². The highest BCUT2D eigenvalue weighted by molar-refractivity contribution is 5.21. The van der Waals surface area contributed by atoms with Gasteiger partial charge in [-0.25, -0.2) is 4.39 Å². The van der Waals surface area contributed by atoms with Gasteiger partial charge in [0.1, 0.15) is 5.82 Å². The molecule has 1 unspecified atom stereocenters. The van der Waals surface area contributed by atoms with E-state index in [0.29, 0.717) is 0 Å². The van der Waals surface area contributed by atoms with Gasteiger partial charge in [-0.3, -0.25) is 0 Å². The SMILES string of the molecule is CC(C)(O)C(N)c1ccc(F)cc1. The number of hydrogen-bond acceptors (Lipinski definition) is 2. The van der Waals surface area contributed by atoms with Crippen LogP contribution in [0, 0.1) is 5.82 Å². The van der Waals surface area contributed by atoms with Crippen molar-refractivity contribution in [1.82, 2.24) is 0 Å². The lowest BCUT2D eigenvalue weighted by Crippen LogP contribution is -2.34. The standard InChI is InChI=1S/C10H14FNO/c1-10(2,13)9(12)7-3-5-8(11)6-4-7/h3-6,9,13H,12H2,1-2H3. The first-order valence-electron chi connectivity index (χ1n) is 4.14. The van der Waals surface area contributed by atoms with E-state index in [1.807, 2.05) is 0 Å². The summed E-state index contributed by atoms with van der Waals surface area (Å²) in [6, 6.07) is 5.34. The summed E-state index contributed by atoms with van der Waals surface area (Å²) in [6.07, 6.45) is 0. The largest absolute Gasteiger partial charge is 0.388 e. The van der Waals surface area contributed by atoms with Crippen molar-refractivity contribution in [2.45, 2.75) is 25.5 Å². The van der Waals surface area contributed by atoms with Gasteiger partial charge in [-0.15, -0.1) is 0 Å². The molecule has 1 rings (SSSR count). The van der Waals surface area contributed by atoms with E-state index in [9.17, 15) is 9.50 Å². The highest BCUT2D eigenvalue weighted by Gasteiger charge is 2.24. The van der Waals surface area contributed by atoms with E-state index in [0.717, 1.165) is 5.56 Å². The van der Waals surface area contributed by atoms with Crippen LogP contribution in [0.25, 0.3) is 0 Å². The smallest absolute Gasteiger partial charge is 0.123 e. The Hall–Kier alpha value is -0.930. The number of halogens is 1. The molecule has 0 saturated carbocycles. The highest BCUT2D eigenvalue weighted by Crippen LogP contribution is 2.22. The fourth-order valence-electron chi connectivity index (χ4n) is 1.08. The van der Waals surface area contributed by atoms with Gasteiger partial charge in [-0.05, 0) is 31.5 Å². The van der Waals surface area contributed by atoms with Crippen LogP contribution in [-0.2, 0) is 0 Å². The van der Waals surface area contributed by atoms with E-state index in [1.54, 1.807) is 26.0 Å². The van der Waals surface area contributed by atoms with Crippen LogP contribution in [0.1, 0.15) is 25.5 Å². The van der Waals surface area contributed by atoms with Crippen LogP contribution < -0.4 is 5.73 Å². The molecule has 0 radical (unpaired) electrons. The Bertz CT molecular complexity index is 276. The van der Waals surface area contributed by atoms with Crippen molar-refractivity contribution in [3.8, 4) is 0 Å². The fraction of sp³-hybridized carbons (Fsp3) is 0.400. The van der Waals surface area contributed by atoms with Crippen molar-refractivity contribution in [3.05, 3.63) is 35.6 Å². The molecule has 3 N–H and O–H groups in total. The Morgan fingerprint density at radius 2 is 1.77 bits per heavy atom. The predicted molar refractivity (Wildman–Crippen MR) is 49.6 cm³/mol. The minimum Gasteiger partial charge on any atom is -0.388 e. The molecule has 0 bridgehead atoms. The molecule has 0 fully saturated rings. The molecular formula is C10H14FNO. The summed E-state index contributed by atoms with van der Waals surface area (Å²) < 4.78 is 12.5. The molecule has 1 aromatic carbocycles. The first-order valence-corrected chi connectivity index (χ1v) is 4.14. The van der Waals surface area contributed by atoms with E-state index in [-0.39, 0.29) is 5.82 Å². The van der Waals surface area contributed by atoms with Crippen molar-refractivity contribution in [1.29, 1.82) is 0 Å². The van der Waals surface area contributed by atoms with Gasteiger partial charge in [0.05, 0.1) is 11.6 Å². The van der Waals surface area contributed by atoms with Crippen molar-refractivity contribution >= 4 is 0 Å². The second kappa shape index (κ2) is 3.44. The van der Waals surface area contributed by atoms with Gasteiger partial charge in [-0.1, -0.05) is 12.1 Å². The molecular weight excluding hydrogens is 169 g/mol. The molecule has 0 aliphatic heterocycles. The summed E-state index contributed by atoms with van der Waals surface area (Å²) in [7, 11) is 0. The van der Waals surface area contributed by atoms with Gasteiger partial charge in [0.2, 0.25) is 0 Å². The van der Waals surface area contributed by atoms with Crippen molar-refractivity contribution in [2.24, 2.45) is 5.73 Å². The van der Waals surface area contributed by atoms with Gasteiger partial charge < -0.3 is 10.8 Å². The fourth-order valence-corrected chi connectivity index (χ4v) is 1.08. The maximum Gasteiger partial charge on any atom is 0.123 e. The number of hydrogen-bond donors (Lipinski definition) is 2. The predicted octanol–water partition coefficient (Wildman–Crippen LogP) is 1.60. The van der Waals surface area contributed by atoms with E-state index >= 15 is 0 Å².